The monoisotopic (exact) mass is 475 g/mol. The summed E-state index contributed by atoms with van der Waals surface area (Å²) < 4.78 is 47.0. The lowest BCUT2D eigenvalue weighted by molar-refractivity contribution is -0.137. The molecule has 1 amide bonds. The first-order valence-electron chi connectivity index (χ1n) is 11.2. The largest absolute Gasteiger partial charge is 0.497 e. The zero-order valence-electron chi connectivity index (χ0n) is 18.9. The lowest BCUT2D eigenvalue weighted by Gasteiger charge is -2.35. The number of amides is 1. The molecule has 0 spiro atoms. The van der Waals surface area contributed by atoms with Gasteiger partial charge in [0.1, 0.15) is 11.6 Å². The number of nitrogens with one attached hydrogen (secondary N) is 1. The van der Waals surface area contributed by atoms with Crippen LogP contribution >= 0.6 is 0 Å². The van der Waals surface area contributed by atoms with Gasteiger partial charge in [0, 0.05) is 38.1 Å². The van der Waals surface area contributed by atoms with Crippen molar-refractivity contribution in [3.05, 3.63) is 59.9 Å². The van der Waals surface area contributed by atoms with Crippen molar-refractivity contribution in [2.45, 2.75) is 29.7 Å². The number of halogens is 1. The molecule has 1 heterocycles. The van der Waals surface area contributed by atoms with E-state index >= 15 is 0 Å². The number of rotatable bonds is 6. The maximum Gasteiger partial charge on any atom is 0.240 e. The standard InChI is InChI=1S/C24H30FN3O4S/c1-27-11-13-28(14-12-27)24(29)23-16-19(15-22(23)17-3-7-20(32-2)8-4-17)26-33(30,31)21-9-5-18(25)6-10-21/h3-10,19,22-23,26H,11-16H2,1-2H3/t19-,22+,23-/m0/s1. The molecule has 1 saturated carbocycles. The van der Waals surface area contributed by atoms with Crippen LogP contribution in [0.4, 0.5) is 4.39 Å². The summed E-state index contributed by atoms with van der Waals surface area (Å²) in [7, 11) is -0.185. The van der Waals surface area contributed by atoms with Gasteiger partial charge in [-0.15, -0.1) is 0 Å². The Bertz CT molecular complexity index is 1070. The van der Waals surface area contributed by atoms with Gasteiger partial charge in [-0.2, -0.15) is 0 Å². The van der Waals surface area contributed by atoms with E-state index in [9.17, 15) is 17.6 Å². The fourth-order valence-electron chi connectivity index (χ4n) is 4.79. The second-order valence-electron chi connectivity index (χ2n) is 8.86. The smallest absolute Gasteiger partial charge is 0.240 e. The first kappa shape index (κ1) is 23.7. The van der Waals surface area contributed by atoms with E-state index in [-0.39, 0.29) is 22.6 Å². The fraction of sp³-hybridized carbons (Fsp3) is 0.458. The Balaban J connectivity index is 1.56. The molecule has 2 aromatic rings. The number of hydrogen-bond acceptors (Lipinski definition) is 5. The van der Waals surface area contributed by atoms with Gasteiger partial charge in [-0.25, -0.2) is 17.5 Å². The van der Waals surface area contributed by atoms with Crippen LogP contribution in [-0.4, -0.2) is 70.5 Å². The Morgan fingerprint density at radius 1 is 1.00 bits per heavy atom. The van der Waals surface area contributed by atoms with Gasteiger partial charge in [0.05, 0.1) is 12.0 Å². The number of carbonyl (C=O) groups is 1. The third-order valence-corrected chi connectivity index (χ3v) is 8.22. The van der Waals surface area contributed by atoms with Crippen LogP contribution in [0.3, 0.4) is 0 Å². The minimum absolute atomic E-state index is 0.0127. The highest BCUT2D eigenvalue weighted by molar-refractivity contribution is 7.89. The number of ether oxygens (including phenoxy) is 1. The van der Waals surface area contributed by atoms with Gasteiger partial charge in [-0.05, 0) is 67.8 Å². The lowest BCUT2D eigenvalue weighted by Crippen LogP contribution is -2.49. The van der Waals surface area contributed by atoms with Gasteiger partial charge in [0.25, 0.3) is 0 Å². The Morgan fingerprint density at radius 3 is 2.24 bits per heavy atom. The number of nitrogens with zero attached hydrogens (tertiary/aromatic N) is 2. The zero-order chi connectivity index (χ0) is 23.6. The maximum absolute atomic E-state index is 13.5. The van der Waals surface area contributed by atoms with E-state index in [1.807, 2.05) is 36.2 Å². The molecule has 2 aliphatic rings. The molecule has 0 bridgehead atoms. The molecule has 178 valence electrons. The van der Waals surface area contributed by atoms with Crippen LogP contribution in [0.1, 0.15) is 24.3 Å². The predicted octanol–water partition coefficient (Wildman–Crippen LogP) is 2.45. The van der Waals surface area contributed by atoms with Crippen molar-refractivity contribution in [2.75, 3.05) is 40.3 Å². The maximum atomic E-state index is 13.5. The van der Waals surface area contributed by atoms with Crippen LogP contribution in [0, 0.1) is 11.7 Å². The molecule has 33 heavy (non-hydrogen) atoms. The highest BCUT2D eigenvalue weighted by Crippen LogP contribution is 2.42. The number of carbonyl (C=O) groups excluding carboxylic acids is 1. The average Bonchev–Trinajstić information content (AvgIpc) is 3.22. The van der Waals surface area contributed by atoms with Crippen LogP contribution in [0.2, 0.25) is 0 Å². The highest BCUT2D eigenvalue weighted by atomic mass is 32.2. The minimum atomic E-state index is -3.83. The van der Waals surface area contributed by atoms with Gasteiger partial charge in [-0.1, -0.05) is 12.1 Å². The summed E-state index contributed by atoms with van der Waals surface area (Å²) in [6.45, 7) is 3.00. The summed E-state index contributed by atoms with van der Waals surface area (Å²) in [4.78, 5) is 17.6. The summed E-state index contributed by atoms with van der Waals surface area (Å²) in [6.07, 6.45) is 0.930. The summed E-state index contributed by atoms with van der Waals surface area (Å²) in [6, 6.07) is 12.0. The molecule has 1 aliphatic heterocycles. The van der Waals surface area contributed by atoms with E-state index in [4.69, 9.17) is 4.74 Å². The van der Waals surface area contributed by atoms with E-state index in [1.165, 1.54) is 12.1 Å². The van der Waals surface area contributed by atoms with Crippen molar-refractivity contribution in [1.29, 1.82) is 0 Å². The first-order chi connectivity index (χ1) is 15.8. The van der Waals surface area contributed by atoms with Crippen LogP contribution in [0.5, 0.6) is 5.75 Å². The highest BCUT2D eigenvalue weighted by Gasteiger charge is 2.43. The second kappa shape index (κ2) is 9.79. The molecule has 4 rings (SSSR count). The van der Waals surface area contributed by atoms with E-state index in [0.717, 1.165) is 36.5 Å². The Hall–Kier alpha value is -2.49. The molecule has 2 fully saturated rings. The SMILES string of the molecule is COc1ccc([C@H]2C[C@H](NS(=O)(=O)c3ccc(F)cc3)C[C@@H]2C(=O)N2CCN(C)CC2)cc1. The summed E-state index contributed by atoms with van der Waals surface area (Å²) in [5.74, 6) is -0.112. The summed E-state index contributed by atoms with van der Waals surface area (Å²) in [5, 5.41) is 0. The van der Waals surface area contributed by atoms with Crippen LogP contribution in [-0.2, 0) is 14.8 Å². The third-order valence-electron chi connectivity index (χ3n) is 6.68. The Kier molecular flexibility index (Phi) is 7.02. The second-order valence-corrected chi connectivity index (χ2v) is 10.6. The van der Waals surface area contributed by atoms with Crippen LogP contribution in [0.25, 0.3) is 0 Å². The lowest BCUT2D eigenvalue weighted by atomic mass is 9.87. The van der Waals surface area contributed by atoms with Crippen LogP contribution in [0.15, 0.2) is 53.4 Å². The number of sulfonamides is 1. The molecular formula is C24H30FN3O4S. The molecular weight excluding hydrogens is 445 g/mol. The van der Waals surface area contributed by atoms with Gasteiger partial charge >= 0.3 is 0 Å². The van der Waals surface area contributed by atoms with Gasteiger partial charge in [0.2, 0.25) is 15.9 Å². The topological polar surface area (TPSA) is 78.9 Å². The molecule has 1 saturated heterocycles. The number of methoxy groups -OCH3 is 1. The van der Waals surface area contributed by atoms with Crippen molar-refractivity contribution in [3.8, 4) is 5.75 Å². The molecule has 3 atom stereocenters. The third kappa shape index (κ3) is 5.37. The van der Waals surface area contributed by atoms with Crippen LogP contribution < -0.4 is 9.46 Å². The van der Waals surface area contributed by atoms with E-state index in [2.05, 4.69) is 9.62 Å². The van der Waals surface area contributed by atoms with Gasteiger partial charge in [-0.3, -0.25) is 4.79 Å². The van der Waals surface area contributed by atoms with Crippen molar-refractivity contribution in [1.82, 2.24) is 14.5 Å². The fourth-order valence-corrected chi connectivity index (χ4v) is 6.05. The van der Waals surface area contributed by atoms with E-state index in [1.54, 1.807) is 7.11 Å². The zero-order valence-corrected chi connectivity index (χ0v) is 19.7. The quantitative estimate of drug-likeness (QED) is 0.695. The molecule has 1 aliphatic carbocycles. The molecule has 9 heteroatoms. The van der Waals surface area contributed by atoms with Gasteiger partial charge < -0.3 is 14.5 Å². The summed E-state index contributed by atoms with van der Waals surface area (Å²) in [5.41, 5.74) is 0.992. The van der Waals surface area contributed by atoms with Gasteiger partial charge in [0.15, 0.2) is 0 Å². The van der Waals surface area contributed by atoms with Crippen molar-refractivity contribution >= 4 is 15.9 Å². The van der Waals surface area contributed by atoms with Crippen molar-refractivity contribution in [3.63, 3.8) is 0 Å². The molecule has 0 aromatic heterocycles. The van der Waals surface area contributed by atoms with Crippen molar-refractivity contribution < 1.29 is 22.3 Å². The van der Waals surface area contributed by atoms with E-state index < -0.39 is 21.9 Å². The first-order valence-corrected chi connectivity index (χ1v) is 12.6. The Morgan fingerprint density at radius 2 is 1.64 bits per heavy atom. The number of benzene rings is 2. The normalized spacial score (nSPS) is 24.1. The average molecular weight is 476 g/mol. The molecule has 7 nitrogen and oxygen atoms in total. The number of likely N-dealkylation sites (N-methyl/N-ethyl adjacent to an activating group) is 1. The number of hydrogen-bond donors (Lipinski definition) is 1. The van der Waals surface area contributed by atoms with E-state index in [0.29, 0.717) is 25.9 Å². The summed E-state index contributed by atoms with van der Waals surface area (Å²) >= 11 is 0. The number of piperazine rings is 1. The predicted molar refractivity (Wildman–Crippen MR) is 123 cm³/mol. The molecule has 1 N–H and O–H groups in total. The molecule has 0 unspecified atom stereocenters. The molecule has 0 radical (unpaired) electrons. The Labute approximate surface area is 194 Å². The molecule has 2 aromatic carbocycles. The van der Waals surface area contributed by atoms with Crippen molar-refractivity contribution in [2.24, 2.45) is 5.92 Å². The minimum Gasteiger partial charge on any atom is -0.497 e.